The molecule has 0 spiro atoms. The van der Waals surface area contributed by atoms with Gasteiger partial charge in [-0.05, 0) is 56.1 Å². The standard InChI is InChI=1S/C19H30N2O3.ClH/c1-3-20-15-16-9-11-21(12-10-16)19(22)17-5-7-18(8-6-17)24-14-4-13-23-2;/h5-8,16,20H,3-4,9-15H2,1-2H3;1H. The van der Waals surface area contributed by atoms with Crippen molar-refractivity contribution in [3.8, 4) is 5.75 Å². The third-order valence-corrected chi connectivity index (χ3v) is 4.45. The molecular formula is C19H31ClN2O3. The SMILES string of the molecule is CCNCC1CCN(C(=O)c2ccc(OCCCOC)cc2)CC1.Cl. The molecule has 1 fully saturated rings. The molecule has 0 bridgehead atoms. The van der Waals surface area contributed by atoms with Crippen molar-refractivity contribution in [3.63, 3.8) is 0 Å². The summed E-state index contributed by atoms with van der Waals surface area (Å²) < 4.78 is 10.6. The molecule has 25 heavy (non-hydrogen) atoms. The number of hydrogen-bond acceptors (Lipinski definition) is 4. The van der Waals surface area contributed by atoms with Crippen molar-refractivity contribution >= 4 is 18.3 Å². The summed E-state index contributed by atoms with van der Waals surface area (Å²) in [5.74, 6) is 1.62. The van der Waals surface area contributed by atoms with Crippen molar-refractivity contribution < 1.29 is 14.3 Å². The molecule has 1 heterocycles. The van der Waals surface area contributed by atoms with E-state index in [0.29, 0.717) is 19.1 Å². The quantitative estimate of drug-likeness (QED) is 0.679. The first-order valence-electron chi connectivity index (χ1n) is 8.96. The van der Waals surface area contributed by atoms with E-state index in [0.717, 1.165) is 56.8 Å². The van der Waals surface area contributed by atoms with E-state index < -0.39 is 0 Å². The van der Waals surface area contributed by atoms with E-state index in [4.69, 9.17) is 9.47 Å². The first kappa shape index (κ1) is 21.7. The first-order chi connectivity index (χ1) is 11.7. The van der Waals surface area contributed by atoms with E-state index in [1.165, 1.54) is 0 Å². The van der Waals surface area contributed by atoms with Crippen molar-refractivity contribution in [1.82, 2.24) is 10.2 Å². The van der Waals surface area contributed by atoms with Gasteiger partial charge in [0.15, 0.2) is 0 Å². The van der Waals surface area contributed by atoms with E-state index in [2.05, 4.69) is 12.2 Å². The van der Waals surface area contributed by atoms with Crippen LogP contribution in [0.5, 0.6) is 5.75 Å². The zero-order valence-corrected chi connectivity index (χ0v) is 16.1. The van der Waals surface area contributed by atoms with Crippen LogP contribution in [0.15, 0.2) is 24.3 Å². The Morgan fingerprint density at radius 2 is 1.88 bits per heavy atom. The number of piperidine rings is 1. The number of ether oxygens (including phenoxy) is 2. The number of rotatable bonds is 9. The monoisotopic (exact) mass is 370 g/mol. The summed E-state index contributed by atoms with van der Waals surface area (Å²) in [5, 5.41) is 3.40. The van der Waals surface area contributed by atoms with Crippen LogP contribution in [-0.2, 0) is 4.74 Å². The lowest BCUT2D eigenvalue weighted by Gasteiger charge is -2.32. The van der Waals surface area contributed by atoms with E-state index in [1.807, 2.05) is 29.2 Å². The molecule has 0 radical (unpaired) electrons. The summed E-state index contributed by atoms with van der Waals surface area (Å²) in [5.41, 5.74) is 0.740. The molecule has 2 rings (SSSR count). The zero-order chi connectivity index (χ0) is 17.2. The second-order valence-electron chi connectivity index (χ2n) is 6.26. The number of hydrogen-bond donors (Lipinski definition) is 1. The Hall–Kier alpha value is -1.30. The number of benzene rings is 1. The maximum atomic E-state index is 12.6. The van der Waals surface area contributed by atoms with Gasteiger partial charge in [0.05, 0.1) is 6.61 Å². The topological polar surface area (TPSA) is 50.8 Å². The van der Waals surface area contributed by atoms with Crippen molar-refractivity contribution in [2.24, 2.45) is 5.92 Å². The smallest absolute Gasteiger partial charge is 0.253 e. The molecule has 1 aliphatic rings. The second kappa shape index (κ2) is 12.1. The largest absolute Gasteiger partial charge is 0.494 e. The zero-order valence-electron chi connectivity index (χ0n) is 15.3. The lowest BCUT2D eigenvalue weighted by molar-refractivity contribution is 0.0690. The van der Waals surface area contributed by atoms with Crippen LogP contribution in [0.25, 0.3) is 0 Å². The Morgan fingerprint density at radius 1 is 1.20 bits per heavy atom. The minimum absolute atomic E-state index is 0. The molecule has 1 aromatic carbocycles. The van der Waals surface area contributed by atoms with Crippen LogP contribution >= 0.6 is 12.4 Å². The van der Waals surface area contributed by atoms with Crippen LogP contribution in [-0.4, -0.2) is 57.3 Å². The Balaban J connectivity index is 0.00000312. The molecule has 142 valence electrons. The molecule has 0 aliphatic carbocycles. The average molecular weight is 371 g/mol. The fraction of sp³-hybridized carbons (Fsp3) is 0.632. The van der Waals surface area contributed by atoms with Crippen molar-refractivity contribution in [3.05, 3.63) is 29.8 Å². The van der Waals surface area contributed by atoms with Gasteiger partial charge in [-0.25, -0.2) is 0 Å². The van der Waals surface area contributed by atoms with Gasteiger partial charge in [-0.3, -0.25) is 4.79 Å². The predicted octanol–water partition coefficient (Wildman–Crippen LogP) is 2.99. The molecule has 0 saturated carbocycles. The summed E-state index contributed by atoms with van der Waals surface area (Å²) in [4.78, 5) is 14.6. The maximum absolute atomic E-state index is 12.6. The number of nitrogens with one attached hydrogen (secondary N) is 1. The maximum Gasteiger partial charge on any atom is 0.253 e. The van der Waals surface area contributed by atoms with E-state index in [-0.39, 0.29) is 18.3 Å². The summed E-state index contributed by atoms with van der Waals surface area (Å²) in [6.45, 7) is 7.23. The molecule has 1 amide bonds. The van der Waals surface area contributed by atoms with Crippen molar-refractivity contribution in [1.29, 1.82) is 0 Å². The highest BCUT2D eigenvalue weighted by atomic mass is 35.5. The van der Waals surface area contributed by atoms with Gasteiger partial charge in [-0.15, -0.1) is 12.4 Å². The number of nitrogens with zero attached hydrogens (tertiary/aromatic N) is 1. The number of carbonyl (C=O) groups is 1. The highest BCUT2D eigenvalue weighted by Gasteiger charge is 2.23. The van der Waals surface area contributed by atoms with Crippen LogP contribution in [0.4, 0.5) is 0 Å². The number of amides is 1. The number of halogens is 1. The third kappa shape index (κ3) is 7.22. The lowest BCUT2D eigenvalue weighted by atomic mass is 9.96. The lowest BCUT2D eigenvalue weighted by Crippen LogP contribution is -2.40. The normalized spacial score (nSPS) is 14.9. The molecule has 1 aliphatic heterocycles. The molecule has 5 nitrogen and oxygen atoms in total. The van der Waals surface area contributed by atoms with Gasteiger partial charge in [-0.1, -0.05) is 6.92 Å². The Bertz CT molecular complexity index is 488. The van der Waals surface area contributed by atoms with E-state index in [9.17, 15) is 4.79 Å². The molecule has 6 heteroatoms. The van der Waals surface area contributed by atoms with Crippen LogP contribution in [0.1, 0.15) is 36.5 Å². The van der Waals surface area contributed by atoms with Crippen molar-refractivity contribution in [2.45, 2.75) is 26.2 Å². The molecule has 1 N–H and O–H groups in total. The molecule has 0 atom stereocenters. The second-order valence-corrected chi connectivity index (χ2v) is 6.26. The van der Waals surface area contributed by atoms with Crippen LogP contribution < -0.4 is 10.1 Å². The fourth-order valence-electron chi connectivity index (χ4n) is 2.96. The third-order valence-electron chi connectivity index (χ3n) is 4.45. The average Bonchev–Trinajstić information content (AvgIpc) is 2.64. The van der Waals surface area contributed by atoms with E-state index >= 15 is 0 Å². The predicted molar refractivity (Wildman–Crippen MR) is 103 cm³/mol. The first-order valence-corrected chi connectivity index (χ1v) is 8.96. The van der Waals surface area contributed by atoms with Gasteiger partial charge in [0.1, 0.15) is 5.75 Å². The Morgan fingerprint density at radius 3 is 2.48 bits per heavy atom. The minimum Gasteiger partial charge on any atom is -0.494 e. The fourth-order valence-corrected chi connectivity index (χ4v) is 2.96. The molecular weight excluding hydrogens is 340 g/mol. The van der Waals surface area contributed by atoms with Gasteiger partial charge >= 0.3 is 0 Å². The van der Waals surface area contributed by atoms with Crippen molar-refractivity contribution in [2.75, 3.05) is 46.5 Å². The van der Waals surface area contributed by atoms with Gasteiger partial charge in [0.25, 0.3) is 5.91 Å². The van der Waals surface area contributed by atoms with Gasteiger partial charge in [-0.2, -0.15) is 0 Å². The Kier molecular flexibility index (Phi) is 10.5. The Labute approximate surface area is 157 Å². The van der Waals surface area contributed by atoms with Crippen LogP contribution in [0.2, 0.25) is 0 Å². The number of likely N-dealkylation sites (tertiary alicyclic amines) is 1. The minimum atomic E-state index is 0. The highest BCUT2D eigenvalue weighted by molar-refractivity contribution is 5.94. The summed E-state index contributed by atoms with van der Waals surface area (Å²) in [6, 6.07) is 7.47. The summed E-state index contributed by atoms with van der Waals surface area (Å²) in [7, 11) is 1.68. The molecule has 0 aromatic heterocycles. The summed E-state index contributed by atoms with van der Waals surface area (Å²) in [6.07, 6.45) is 3.03. The van der Waals surface area contributed by atoms with E-state index in [1.54, 1.807) is 7.11 Å². The van der Waals surface area contributed by atoms with Gasteiger partial charge in [0, 0.05) is 38.8 Å². The number of carbonyl (C=O) groups excluding carboxylic acids is 1. The molecule has 1 aromatic rings. The van der Waals surface area contributed by atoms with Crippen LogP contribution in [0, 0.1) is 5.92 Å². The molecule has 1 saturated heterocycles. The van der Waals surface area contributed by atoms with Gasteiger partial charge < -0.3 is 19.7 Å². The summed E-state index contributed by atoms with van der Waals surface area (Å²) >= 11 is 0. The molecule has 0 unspecified atom stereocenters. The number of methoxy groups -OCH3 is 1. The van der Waals surface area contributed by atoms with Crippen LogP contribution in [0.3, 0.4) is 0 Å². The highest BCUT2D eigenvalue weighted by Crippen LogP contribution is 2.20. The van der Waals surface area contributed by atoms with Gasteiger partial charge in [0.2, 0.25) is 0 Å².